The lowest BCUT2D eigenvalue weighted by Gasteiger charge is -2.28. The second-order valence-corrected chi connectivity index (χ2v) is 7.07. The molecule has 4 aromatic rings. The van der Waals surface area contributed by atoms with Crippen LogP contribution in [0.2, 0.25) is 0 Å². The van der Waals surface area contributed by atoms with Crippen LogP contribution in [0.25, 0.3) is 22.4 Å². The molecule has 1 aliphatic carbocycles. The predicted octanol–water partition coefficient (Wildman–Crippen LogP) is 2.38. The molecule has 0 spiro atoms. The maximum Gasteiger partial charge on any atom is 0.241 e. The molecule has 0 amide bonds. The van der Waals surface area contributed by atoms with E-state index in [9.17, 15) is 0 Å². The van der Waals surface area contributed by atoms with E-state index in [1.165, 1.54) is 12.8 Å². The van der Waals surface area contributed by atoms with Gasteiger partial charge in [-0.05, 0) is 50.9 Å². The minimum atomic E-state index is 0.437. The summed E-state index contributed by atoms with van der Waals surface area (Å²) in [6.07, 6.45) is 12.1. The Labute approximate surface area is 156 Å². The van der Waals surface area contributed by atoms with E-state index in [-0.39, 0.29) is 0 Å². The van der Waals surface area contributed by atoms with E-state index in [2.05, 4.69) is 30.8 Å². The molecule has 5 rings (SSSR count). The number of nitrogens with one attached hydrogen (secondary N) is 2. The van der Waals surface area contributed by atoms with Crippen LogP contribution in [-0.4, -0.2) is 48.3 Å². The lowest BCUT2D eigenvalue weighted by Crippen LogP contribution is -2.35. The average molecular weight is 362 g/mol. The van der Waals surface area contributed by atoms with E-state index in [0.29, 0.717) is 18.0 Å². The predicted molar refractivity (Wildman–Crippen MR) is 104 cm³/mol. The highest BCUT2D eigenvalue weighted by Gasteiger charge is 2.20. The van der Waals surface area contributed by atoms with Gasteiger partial charge in [0.15, 0.2) is 5.65 Å². The summed E-state index contributed by atoms with van der Waals surface area (Å²) in [7, 11) is 2.04. The first-order valence-electron chi connectivity index (χ1n) is 9.39. The van der Waals surface area contributed by atoms with Crippen molar-refractivity contribution < 1.29 is 0 Å². The smallest absolute Gasteiger partial charge is 0.241 e. The summed E-state index contributed by atoms with van der Waals surface area (Å²) in [4.78, 5) is 8.78. The molecule has 8 nitrogen and oxygen atoms in total. The summed E-state index contributed by atoms with van der Waals surface area (Å²) in [5.74, 6) is 0.676. The molecule has 4 heterocycles. The standard InChI is InChI=1S/C19H22N8/c1-20-13-2-4-14(5-3-13)23-19-22-12-17-15(8-10-26(17)25-19)16-6-7-18-21-9-11-27(18)24-16/h6-14,20H,2-5H2,1H3,(H,23,25)/t13-,14-. The van der Waals surface area contributed by atoms with Crippen LogP contribution in [0, 0.1) is 0 Å². The summed E-state index contributed by atoms with van der Waals surface area (Å²) < 4.78 is 3.64. The van der Waals surface area contributed by atoms with Gasteiger partial charge in [-0.25, -0.2) is 19.0 Å². The number of hydrogen-bond acceptors (Lipinski definition) is 6. The summed E-state index contributed by atoms with van der Waals surface area (Å²) in [5.41, 5.74) is 3.65. The highest BCUT2D eigenvalue weighted by molar-refractivity contribution is 5.78. The molecule has 0 aromatic carbocycles. The zero-order valence-corrected chi connectivity index (χ0v) is 15.2. The van der Waals surface area contributed by atoms with Gasteiger partial charge in [0.2, 0.25) is 5.95 Å². The molecule has 27 heavy (non-hydrogen) atoms. The minimum Gasteiger partial charge on any atom is -0.350 e. The van der Waals surface area contributed by atoms with Crippen molar-refractivity contribution in [2.24, 2.45) is 0 Å². The Morgan fingerprint density at radius 3 is 2.63 bits per heavy atom. The van der Waals surface area contributed by atoms with Crippen molar-refractivity contribution in [1.29, 1.82) is 0 Å². The first-order chi connectivity index (χ1) is 13.3. The van der Waals surface area contributed by atoms with Gasteiger partial charge in [-0.15, -0.1) is 5.10 Å². The SMILES string of the molecule is CN[C@H]1CC[C@H](Nc2ncc3c(-c4ccc5nccn5n4)ccn3n2)CC1. The van der Waals surface area contributed by atoms with Crippen LogP contribution in [0.5, 0.6) is 0 Å². The maximum atomic E-state index is 4.64. The second kappa shape index (κ2) is 6.62. The number of rotatable bonds is 4. The van der Waals surface area contributed by atoms with E-state index >= 15 is 0 Å². The first kappa shape index (κ1) is 16.2. The Kier molecular flexibility index (Phi) is 3.97. The Bertz CT molecular complexity index is 1070. The van der Waals surface area contributed by atoms with Crippen LogP contribution in [0.15, 0.2) is 43.0 Å². The lowest BCUT2D eigenvalue weighted by molar-refractivity contribution is 0.370. The average Bonchev–Trinajstić information content (AvgIpc) is 3.34. The Balaban J connectivity index is 1.39. The van der Waals surface area contributed by atoms with Crippen molar-refractivity contribution >= 4 is 17.1 Å². The van der Waals surface area contributed by atoms with Crippen LogP contribution in [0.1, 0.15) is 25.7 Å². The van der Waals surface area contributed by atoms with Crippen LogP contribution in [-0.2, 0) is 0 Å². The third kappa shape index (κ3) is 3.02. The van der Waals surface area contributed by atoms with Crippen LogP contribution >= 0.6 is 0 Å². The molecular formula is C19H22N8. The van der Waals surface area contributed by atoms with Crippen molar-refractivity contribution in [1.82, 2.24) is 34.5 Å². The van der Waals surface area contributed by atoms with Crippen LogP contribution in [0.4, 0.5) is 5.95 Å². The molecule has 1 saturated carbocycles. The van der Waals surface area contributed by atoms with Gasteiger partial charge < -0.3 is 10.6 Å². The van der Waals surface area contributed by atoms with E-state index in [1.54, 1.807) is 10.7 Å². The highest BCUT2D eigenvalue weighted by atomic mass is 15.3. The fraction of sp³-hybridized carbons (Fsp3) is 0.368. The Morgan fingerprint density at radius 1 is 0.926 bits per heavy atom. The minimum absolute atomic E-state index is 0.437. The monoisotopic (exact) mass is 362 g/mol. The fourth-order valence-electron chi connectivity index (χ4n) is 3.85. The quantitative estimate of drug-likeness (QED) is 0.580. The lowest BCUT2D eigenvalue weighted by atomic mass is 9.91. The molecule has 8 heteroatoms. The molecule has 0 bridgehead atoms. The molecule has 0 aliphatic heterocycles. The van der Waals surface area contributed by atoms with Crippen molar-refractivity contribution in [2.75, 3.05) is 12.4 Å². The largest absolute Gasteiger partial charge is 0.350 e. The molecule has 138 valence electrons. The Hall–Kier alpha value is -3.00. The zero-order valence-electron chi connectivity index (χ0n) is 15.2. The number of fused-ring (bicyclic) bond motifs is 2. The van der Waals surface area contributed by atoms with Crippen LogP contribution < -0.4 is 10.6 Å². The molecule has 0 saturated heterocycles. The van der Waals surface area contributed by atoms with Crippen molar-refractivity contribution in [3.8, 4) is 11.3 Å². The Morgan fingerprint density at radius 2 is 1.78 bits per heavy atom. The van der Waals surface area contributed by atoms with Crippen molar-refractivity contribution in [3.05, 3.63) is 43.0 Å². The molecule has 1 aliphatic rings. The number of nitrogens with zero attached hydrogens (tertiary/aromatic N) is 6. The van der Waals surface area contributed by atoms with Gasteiger partial charge in [-0.1, -0.05) is 0 Å². The highest BCUT2D eigenvalue weighted by Crippen LogP contribution is 2.25. The topological polar surface area (TPSA) is 84.4 Å². The molecule has 2 N–H and O–H groups in total. The van der Waals surface area contributed by atoms with Gasteiger partial charge in [0, 0.05) is 36.2 Å². The second-order valence-electron chi connectivity index (χ2n) is 7.07. The van der Waals surface area contributed by atoms with Gasteiger partial charge in [0.05, 0.1) is 17.4 Å². The molecule has 0 radical (unpaired) electrons. The third-order valence-electron chi connectivity index (χ3n) is 5.42. The molecule has 1 fully saturated rings. The summed E-state index contributed by atoms with van der Waals surface area (Å²) in [6, 6.07) is 7.04. The van der Waals surface area contributed by atoms with Crippen LogP contribution in [0.3, 0.4) is 0 Å². The van der Waals surface area contributed by atoms with Gasteiger partial charge in [-0.3, -0.25) is 0 Å². The molecule has 0 atom stereocenters. The number of hydrogen-bond donors (Lipinski definition) is 2. The molecule has 4 aromatic heterocycles. The van der Waals surface area contributed by atoms with E-state index < -0.39 is 0 Å². The van der Waals surface area contributed by atoms with E-state index in [0.717, 1.165) is 35.3 Å². The summed E-state index contributed by atoms with van der Waals surface area (Å²) >= 11 is 0. The van der Waals surface area contributed by atoms with Gasteiger partial charge in [0.1, 0.15) is 0 Å². The fourth-order valence-corrected chi connectivity index (χ4v) is 3.85. The van der Waals surface area contributed by atoms with Gasteiger partial charge in [-0.2, -0.15) is 5.10 Å². The van der Waals surface area contributed by atoms with Crippen molar-refractivity contribution in [2.45, 2.75) is 37.8 Å². The zero-order chi connectivity index (χ0) is 18.2. The molecule has 0 unspecified atom stereocenters. The van der Waals surface area contributed by atoms with Gasteiger partial charge in [0.25, 0.3) is 0 Å². The van der Waals surface area contributed by atoms with E-state index in [1.807, 2.05) is 48.4 Å². The number of anilines is 1. The first-order valence-corrected chi connectivity index (χ1v) is 9.39. The third-order valence-corrected chi connectivity index (χ3v) is 5.42. The van der Waals surface area contributed by atoms with E-state index in [4.69, 9.17) is 0 Å². The molecular weight excluding hydrogens is 340 g/mol. The van der Waals surface area contributed by atoms with Crippen molar-refractivity contribution in [3.63, 3.8) is 0 Å². The number of imidazole rings is 1. The maximum absolute atomic E-state index is 4.64. The normalized spacial score (nSPS) is 20.3. The summed E-state index contributed by atoms with van der Waals surface area (Å²) in [6.45, 7) is 0. The van der Waals surface area contributed by atoms with Gasteiger partial charge >= 0.3 is 0 Å². The summed E-state index contributed by atoms with van der Waals surface area (Å²) in [5, 5.41) is 16.1. The number of aromatic nitrogens is 6.